The van der Waals surface area contributed by atoms with Crippen molar-refractivity contribution in [1.29, 1.82) is 0 Å². The summed E-state index contributed by atoms with van der Waals surface area (Å²) in [5.41, 5.74) is 0. The lowest BCUT2D eigenvalue weighted by Gasteiger charge is -2.39. The first-order valence-electron chi connectivity index (χ1n) is 4.16. The molecule has 0 aromatic heterocycles. The highest BCUT2D eigenvalue weighted by molar-refractivity contribution is 5.85. The van der Waals surface area contributed by atoms with E-state index in [-0.39, 0.29) is 30.9 Å². The van der Waals surface area contributed by atoms with Crippen molar-refractivity contribution in [2.24, 2.45) is 0 Å². The Labute approximate surface area is 76.3 Å². The van der Waals surface area contributed by atoms with E-state index in [1.807, 2.05) is 0 Å². The summed E-state index contributed by atoms with van der Waals surface area (Å²) >= 11 is 0. The summed E-state index contributed by atoms with van der Waals surface area (Å²) in [5.74, 6) is -0.330. The molecule has 1 N–H and O–H groups in total. The molecule has 13 heavy (non-hydrogen) atoms. The fourth-order valence-electron chi connectivity index (χ4n) is 1.39. The minimum atomic E-state index is -0.319. The second kappa shape index (κ2) is 4.23. The first-order valence-corrected chi connectivity index (χ1v) is 4.16. The Morgan fingerprint density at radius 2 is 2.46 bits per heavy atom. The third-order valence-electron chi connectivity index (χ3n) is 2.14. The summed E-state index contributed by atoms with van der Waals surface area (Å²) in [7, 11) is 1.32. The van der Waals surface area contributed by atoms with Crippen LogP contribution in [0, 0.1) is 0 Å². The molecule has 0 spiro atoms. The second-order valence-corrected chi connectivity index (χ2v) is 2.95. The lowest BCUT2D eigenvalue weighted by Crippen LogP contribution is -2.54. The van der Waals surface area contributed by atoms with Crippen molar-refractivity contribution in [3.8, 4) is 0 Å². The Kier molecular flexibility index (Phi) is 3.25. The molecule has 74 valence electrons. The van der Waals surface area contributed by atoms with Gasteiger partial charge in [0.1, 0.15) is 0 Å². The van der Waals surface area contributed by atoms with Gasteiger partial charge < -0.3 is 14.7 Å². The molecule has 0 aromatic carbocycles. The highest BCUT2D eigenvalue weighted by Crippen LogP contribution is 2.21. The van der Waals surface area contributed by atoms with Crippen LogP contribution in [-0.4, -0.2) is 48.2 Å². The Bertz CT molecular complexity index is 214. The van der Waals surface area contributed by atoms with Crippen LogP contribution in [0.25, 0.3) is 0 Å². The molecule has 0 aliphatic carbocycles. The Balaban J connectivity index is 2.35. The fraction of sp³-hybridized carbons (Fsp3) is 0.750. The number of amides is 1. The third-order valence-corrected chi connectivity index (χ3v) is 2.14. The van der Waals surface area contributed by atoms with Crippen molar-refractivity contribution in [3.63, 3.8) is 0 Å². The number of hydrogen-bond acceptors (Lipinski definition) is 4. The fourth-order valence-corrected chi connectivity index (χ4v) is 1.39. The zero-order valence-electron chi connectivity index (χ0n) is 7.52. The van der Waals surface area contributed by atoms with Crippen LogP contribution in [0.15, 0.2) is 0 Å². The first kappa shape index (κ1) is 9.98. The Morgan fingerprint density at radius 3 is 2.92 bits per heavy atom. The topological polar surface area (TPSA) is 66.8 Å². The summed E-state index contributed by atoms with van der Waals surface area (Å²) < 4.78 is 4.48. The van der Waals surface area contributed by atoms with E-state index in [0.29, 0.717) is 13.0 Å². The van der Waals surface area contributed by atoms with Crippen molar-refractivity contribution in [2.75, 3.05) is 20.3 Å². The number of nitrogens with zero attached hydrogens (tertiary/aromatic N) is 1. The average Bonchev–Trinajstić information content (AvgIpc) is 2.13. The van der Waals surface area contributed by atoms with Crippen LogP contribution in [0.1, 0.15) is 12.8 Å². The lowest BCUT2D eigenvalue weighted by atomic mass is 9.99. The molecular formula is C8H13NO4. The van der Waals surface area contributed by atoms with Crippen LogP contribution in [0.2, 0.25) is 0 Å². The van der Waals surface area contributed by atoms with Gasteiger partial charge in [0.2, 0.25) is 5.91 Å². The van der Waals surface area contributed by atoms with Crippen molar-refractivity contribution < 1.29 is 19.4 Å². The number of ether oxygens (including phenoxy) is 1. The summed E-state index contributed by atoms with van der Waals surface area (Å²) in [4.78, 5) is 23.3. The van der Waals surface area contributed by atoms with Crippen LogP contribution in [0.5, 0.6) is 0 Å². The zero-order valence-corrected chi connectivity index (χ0v) is 7.52. The minimum Gasteiger partial charge on any atom is -0.469 e. The molecular weight excluding hydrogens is 174 g/mol. The maximum Gasteiger partial charge on any atom is 0.307 e. The lowest BCUT2D eigenvalue weighted by molar-refractivity contribution is -0.152. The monoisotopic (exact) mass is 187 g/mol. The molecule has 1 saturated heterocycles. The number of β-amino-alcohol motifs (C(OH)–C–C–N with tert-alkyl or cyclic N) is 1. The number of esters is 1. The van der Waals surface area contributed by atoms with E-state index in [2.05, 4.69) is 4.74 Å². The average molecular weight is 187 g/mol. The van der Waals surface area contributed by atoms with Crippen LogP contribution in [0.3, 0.4) is 0 Å². The normalized spacial score (nSPS) is 21.2. The summed E-state index contributed by atoms with van der Waals surface area (Å²) in [6, 6.07) is -0.0768. The summed E-state index contributed by atoms with van der Waals surface area (Å²) in [5, 5.41) is 8.62. The van der Waals surface area contributed by atoms with Gasteiger partial charge in [-0.2, -0.15) is 0 Å². The smallest absolute Gasteiger partial charge is 0.307 e. The second-order valence-electron chi connectivity index (χ2n) is 2.95. The van der Waals surface area contributed by atoms with Gasteiger partial charge in [-0.05, 0) is 0 Å². The van der Waals surface area contributed by atoms with Crippen LogP contribution < -0.4 is 0 Å². The molecule has 1 unspecified atom stereocenters. The number of aliphatic hydroxyl groups is 1. The Hall–Kier alpha value is -1.10. The SMILES string of the molecule is COC(=O)CC1CC(=O)N1CCO. The van der Waals surface area contributed by atoms with Crippen molar-refractivity contribution in [1.82, 2.24) is 4.90 Å². The number of likely N-dealkylation sites (tertiary alicyclic amines) is 1. The number of methoxy groups -OCH3 is 1. The minimum absolute atomic E-state index is 0.0112. The number of hydrogen-bond donors (Lipinski definition) is 1. The molecule has 1 heterocycles. The van der Waals surface area contributed by atoms with E-state index in [0.717, 1.165) is 0 Å². The van der Waals surface area contributed by atoms with Gasteiger partial charge in [-0.1, -0.05) is 0 Å². The van der Waals surface area contributed by atoms with E-state index in [1.54, 1.807) is 0 Å². The number of β-lactam (4-membered cyclic amide) rings is 1. The summed E-state index contributed by atoms with van der Waals surface area (Å²) in [6.07, 6.45) is 0.608. The van der Waals surface area contributed by atoms with Crippen molar-refractivity contribution in [3.05, 3.63) is 0 Å². The van der Waals surface area contributed by atoms with E-state index in [1.165, 1.54) is 12.0 Å². The predicted octanol–water partition coefficient (Wildman–Crippen LogP) is -0.857. The van der Waals surface area contributed by atoms with E-state index >= 15 is 0 Å². The number of carbonyl (C=O) groups is 2. The van der Waals surface area contributed by atoms with E-state index < -0.39 is 0 Å². The van der Waals surface area contributed by atoms with Gasteiger partial charge in [-0.3, -0.25) is 9.59 Å². The molecule has 1 amide bonds. The standard InChI is InChI=1S/C8H13NO4/c1-13-8(12)5-6-4-7(11)9(6)2-3-10/h6,10H,2-5H2,1H3. The van der Waals surface area contributed by atoms with Crippen molar-refractivity contribution in [2.45, 2.75) is 18.9 Å². The molecule has 0 aromatic rings. The van der Waals surface area contributed by atoms with Gasteiger partial charge in [-0.15, -0.1) is 0 Å². The maximum atomic E-state index is 11.0. The van der Waals surface area contributed by atoms with Crippen LogP contribution >= 0.6 is 0 Å². The van der Waals surface area contributed by atoms with Gasteiger partial charge in [0, 0.05) is 13.0 Å². The Morgan fingerprint density at radius 1 is 1.77 bits per heavy atom. The molecule has 1 fully saturated rings. The molecule has 0 saturated carbocycles. The molecule has 1 rings (SSSR count). The van der Waals surface area contributed by atoms with Crippen LogP contribution in [0.4, 0.5) is 0 Å². The maximum absolute atomic E-state index is 11.0. The predicted molar refractivity (Wildman–Crippen MR) is 43.8 cm³/mol. The zero-order chi connectivity index (χ0) is 9.84. The van der Waals surface area contributed by atoms with E-state index in [4.69, 9.17) is 5.11 Å². The first-order chi connectivity index (χ1) is 6.19. The van der Waals surface area contributed by atoms with E-state index in [9.17, 15) is 9.59 Å². The number of carbonyl (C=O) groups excluding carboxylic acids is 2. The van der Waals surface area contributed by atoms with Gasteiger partial charge in [-0.25, -0.2) is 0 Å². The molecule has 5 nitrogen and oxygen atoms in total. The van der Waals surface area contributed by atoms with Crippen molar-refractivity contribution >= 4 is 11.9 Å². The third kappa shape index (κ3) is 2.18. The molecule has 1 atom stereocenters. The van der Waals surface area contributed by atoms with Gasteiger partial charge in [0.05, 0.1) is 26.2 Å². The van der Waals surface area contributed by atoms with Gasteiger partial charge in [0.15, 0.2) is 0 Å². The van der Waals surface area contributed by atoms with Gasteiger partial charge in [0.25, 0.3) is 0 Å². The number of rotatable bonds is 4. The summed E-state index contributed by atoms with van der Waals surface area (Å²) in [6.45, 7) is 0.240. The number of aliphatic hydroxyl groups excluding tert-OH is 1. The molecule has 1 aliphatic heterocycles. The highest BCUT2D eigenvalue weighted by Gasteiger charge is 2.36. The highest BCUT2D eigenvalue weighted by atomic mass is 16.5. The molecule has 0 radical (unpaired) electrons. The molecule has 5 heteroatoms. The van der Waals surface area contributed by atoms with Crippen LogP contribution in [-0.2, 0) is 14.3 Å². The molecule has 1 aliphatic rings. The quantitative estimate of drug-likeness (QED) is 0.459. The molecule has 0 bridgehead atoms. The largest absolute Gasteiger partial charge is 0.469 e. The van der Waals surface area contributed by atoms with Gasteiger partial charge >= 0.3 is 5.97 Å².